The molecule has 2 rings (SSSR count). The molecule has 3 N–H and O–H groups in total. The van der Waals surface area contributed by atoms with E-state index in [1.165, 1.54) is 11.2 Å². The van der Waals surface area contributed by atoms with Gasteiger partial charge in [-0.25, -0.2) is 14.6 Å². The van der Waals surface area contributed by atoms with E-state index in [0.717, 1.165) is 5.69 Å². The van der Waals surface area contributed by atoms with E-state index in [0.29, 0.717) is 18.8 Å². The number of carboxylic acids is 1. The Morgan fingerprint density at radius 3 is 3.10 bits per heavy atom. The maximum Gasteiger partial charge on any atom is 0.326 e. The molecule has 1 aliphatic heterocycles. The van der Waals surface area contributed by atoms with Crippen LogP contribution in [0.2, 0.25) is 0 Å². The van der Waals surface area contributed by atoms with Crippen LogP contribution in [0.1, 0.15) is 25.2 Å². The van der Waals surface area contributed by atoms with Crippen LogP contribution in [0.4, 0.5) is 4.79 Å². The zero-order valence-corrected chi connectivity index (χ0v) is 12.1. The molecular formula is C13H20N4O4. The molecule has 1 aromatic rings. The number of carboxylic acid groups (broad SMARTS) is 1. The number of nitrogens with one attached hydrogen (secondary N) is 2. The number of ether oxygens (including phenoxy) is 1. The highest BCUT2D eigenvalue weighted by atomic mass is 16.5. The monoisotopic (exact) mass is 296 g/mol. The number of H-pyrrole nitrogens is 1. The molecule has 0 saturated carbocycles. The third-order valence-electron chi connectivity index (χ3n) is 3.44. The van der Waals surface area contributed by atoms with Crippen molar-refractivity contribution in [3.05, 3.63) is 17.7 Å². The summed E-state index contributed by atoms with van der Waals surface area (Å²) < 4.78 is 5.33. The van der Waals surface area contributed by atoms with Gasteiger partial charge < -0.3 is 25.0 Å². The van der Waals surface area contributed by atoms with Gasteiger partial charge in [0.05, 0.1) is 30.4 Å². The first-order chi connectivity index (χ1) is 10.0. The van der Waals surface area contributed by atoms with Gasteiger partial charge in [0.15, 0.2) is 0 Å². The second-order valence-electron chi connectivity index (χ2n) is 4.97. The fraction of sp³-hybridized carbons (Fsp3) is 0.615. The molecule has 0 bridgehead atoms. The smallest absolute Gasteiger partial charge is 0.326 e. The third kappa shape index (κ3) is 3.52. The van der Waals surface area contributed by atoms with Crippen LogP contribution >= 0.6 is 0 Å². The first-order valence-electron chi connectivity index (χ1n) is 6.93. The molecule has 0 fully saturated rings. The van der Waals surface area contributed by atoms with E-state index in [1.807, 2.05) is 13.8 Å². The maximum absolute atomic E-state index is 12.2. The van der Waals surface area contributed by atoms with E-state index in [2.05, 4.69) is 15.3 Å². The molecule has 21 heavy (non-hydrogen) atoms. The zero-order chi connectivity index (χ0) is 15.4. The van der Waals surface area contributed by atoms with Crippen LogP contribution in [0, 0.1) is 0 Å². The number of nitrogens with zero attached hydrogens (tertiary/aromatic N) is 2. The van der Waals surface area contributed by atoms with Crippen LogP contribution in [0.15, 0.2) is 6.33 Å². The van der Waals surface area contributed by atoms with Gasteiger partial charge in [-0.3, -0.25) is 0 Å². The summed E-state index contributed by atoms with van der Waals surface area (Å²) in [7, 11) is 0. The number of hydrogen-bond donors (Lipinski definition) is 3. The molecular weight excluding hydrogens is 276 g/mol. The van der Waals surface area contributed by atoms with Crippen LogP contribution in [-0.4, -0.2) is 57.3 Å². The number of aliphatic carboxylic acids is 1. The number of rotatable bonds is 5. The standard InChI is InChI=1S/C13H20N4O4/c1-3-21-8(2)5-14-13(20)17-6-10-9(15-7-16-10)4-11(17)12(18)19/h7-8,11H,3-6H2,1-2H3,(H,14,20)(H,15,16)(H,18,19). The Morgan fingerprint density at radius 1 is 1.67 bits per heavy atom. The molecule has 2 atom stereocenters. The summed E-state index contributed by atoms with van der Waals surface area (Å²) in [6.45, 7) is 4.84. The van der Waals surface area contributed by atoms with Crippen LogP contribution in [-0.2, 0) is 22.5 Å². The van der Waals surface area contributed by atoms with Crippen LogP contribution in [0.5, 0.6) is 0 Å². The van der Waals surface area contributed by atoms with Gasteiger partial charge in [-0.2, -0.15) is 0 Å². The lowest BCUT2D eigenvalue weighted by molar-refractivity contribution is -0.142. The van der Waals surface area contributed by atoms with Gasteiger partial charge in [-0.05, 0) is 13.8 Å². The molecule has 2 heterocycles. The zero-order valence-electron chi connectivity index (χ0n) is 12.1. The number of aromatic amines is 1. The second kappa shape index (κ2) is 6.57. The predicted molar refractivity (Wildman–Crippen MR) is 73.7 cm³/mol. The molecule has 0 aromatic carbocycles. The summed E-state index contributed by atoms with van der Waals surface area (Å²) in [6, 6.07) is -1.31. The van der Waals surface area contributed by atoms with E-state index >= 15 is 0 Å². The van der Waals surface area contributed by atoms with E-state index in [-0.39, 0.29) is 19.1 Å². The topological polar surface area (TPSA) is 108 Å². The molecule has 0 spiro atoms. The van der Waals surface area contributed by atoms with Crippen LogP contribution < -0.4 is 5.32 Å². The molecule has 1 aliphatic rings. The summed E-state index contributed by atoms with van der Waals surface area (Å²) >= 11 is 0. The van der Waals surface area contributed by atoms with Crippen molar-refractivity contribution < 1.29 is 19.4 Å². The van der Waals surface area contributed by atoms with Gasteiger partial charge in [0.25, 0.3) is 0 Å². The van der Waals surface area contributed by atoms with Crippen molar-refractivity contribution in [1.82, 2.24) is 20.2 Å². The summed E-state index contributed by atoms with van der Waals surface area (Å²) in [4.78, 5) is 31.9. The summed E-state index contributed by atoms with van der Waals surface area (Å²) in [6.07, 6.45) is 1.61. The van der Waals surface area contributed by atoms with E-state index in [9.17, 15) is 14.7 Å². The first-order valence-corrected chi connectivity index (χ1v) is 6.93. The minimum atomic E-state index is -1.03. The molecule has 8 heteroatoms. The largest absolute Gasteiger partial charge is 0.480 e. The van der Waals surface area contributed by atoms with Crippen molar-refractivity contribution in [2.45, 2.75) is 39.0 Å². The fourth-order valence-corrected chi connectivity index (χ4v) is 2.35. The molecule has 1 aromatic heterocycles. The lowest BCUT2D eigenvalue weighted by atomic mass is 10.0. The highest BCUT2D eigenvalue weighted by molar-refractivity contribution is 5.83. The summed E-state index contributed by atoms with van der Waals surface area (Å²) in [5.74, 6) is -1.03. The third-order valence-corrected chi connectivity index (χ3v) is 3.44. The van der Waals surface area contributed by atoms with Crippen LogP contribution in [0.3, 0.4) is 0 Å². The maximum atomic E-state index is 12.2. The van der Waals surface area contributed by atoms with Crippen molar-refractivity contribution >= 4 is 12.0 Å². The Morgan fingerprint density at radius 2 is 2.43 bits per heavy atom. The minimum Gasteiger partial charge on any atom is -0.480 e. The summed E-state index contributed by atoms with van der Waals surface area (Å²) in [5.41, 5.74) is 1.48. The van der Waals surface area contributed by atoms with Crippen LogP contribution in [0.25, 0.3) is 0 Å². The van der Waals surface area contributed by atoms with Gasteiger partial charge in [-0.1, -0.05) is 0 Å². The van der Waals surface area contributed by atoms with Gasteiger partial charge in [0.1, 0.15) is 6.04 Å². The summed E-state index contributed by atoms with van der Waals surface area (Å²) in [5, 5.41) is 12.0. The van der Waals surface area contributed by atoms with Crippen molar-refractivity contribution in [2.24, 2.45) is 0 Å². The second-order valence-corrected chi connectivity index (χ2v) is 4.97. The number of hydrogen-bond acceptors (Lipinski definition) is 4. The Hall–Kier alpha value is -2.09. The highest BCUT2D eigenvalue weighted by Gasteiger charge is 2.35. The lowest BCUT2D eigenvalue weighted by Crippen LogP contribution is -2.53. The molecule has 0 saturated heterocycles. The molecule has 116 valence electrons. The average Bonchev–Trinajstić information content (AvgIpc) is 2.90. The fourth-order valence-electron chi connectivity index (χ4n) is 2.35. The molecule has 8 nitrogen and oxygen atoms in total. The van der Waals surface area contributed by atoms with E-state index in [4.69, 9.17) is 4.74 Å². The average molecular weight is 296 g/mol. The Labute approximate surface area is 122 Å². The van der Waals surface area contributed by atoms with Gasteiger partial charge in [-0.15, -0.1) is 0 Å². The van der Waals surface area contributed by atoms with Crippen molar-refractivity contribution in [1.29, 1.82) is 0 Å². The van der Waals surface area contributed by atoms with Gasteiger partial charge in [0, 0.05) is 19.6 Å². The number of fused-ring (bicyclic) bond motifs is 1. The molecule has 2 amide bonds. The first kappa shape index (κ1) is 15.3. The van der Waals surface area contributed by atoms with Gasteiger partial charge in [0.2, 0.25) is 0 Å². The molecule has 0 aliphatic carbocycles. The van der Waals surface area contributed by atoms with Gasteiger partial charge >= 0.3 is 12.0 Å². The number of amides is 2. The number of carbonyl (C=O) groups is 2. The Bertz CT molecular complexity index is 516. The number of imidazole rings is 1. The SMILES string of the molecule is CCOC(C)CNC(=O)N1Cc2[nH]cnc2CC1C(=O)O. The lowest BCUT2D eigenvalue weighted by Gasteiger charge is -2.32. The quantitative estimate of drug-likeness (QED) is 0.727. The molecule has 2 unspecified atom stereocenters. The Kier molecular flexibility index (Phi) is 4.79. The van der Waals surface area contributed by atoms with Crippen molar-refractivity contribution in [2.75, 3.05) is 13.2 Å². The van der Waals surface area contributed by atoms with Crippen molar-refractivity contribution in [3.8, 4) is 0 Å². The highest BCUT2D eigenvalue weighted by Crippen LogP contribution is 2.20. The minimum absolute atomic E-state index is 0.116. The van der Waals surface area contributed by atoms with E-state index in [1.54, 1.807) is 0 Å². The number of urea groups is 1. The van der Waals surface area contributed by atoms with E-state index < -0.39 is 18.0 Å². The van der Waals surface area contributed by atoms with Crippen molar-refractivity contribution in [3.63, 3.8) is 0 Å². The number of aromatic nitrogens is 2. The molecule has 0 radical (unpaired) electrons. The predicted octanol–water partition coefficient (Wildman–Crippen LogP) is 0.356. The Balaban J connectivity index is 2.02. The number of carbonyl (C=O) groups excluding carboxylic acids is 1. The normalized spacial score (nSPS) is 19.0.